The molecule has 0 saturated carbocycles. The number of rotatable bonds is 3. The summed E-state index contributed by atoms with van der Waals surface area (Å²) in [6, 6.07) is 2.00. The first-order valence-electron chi connectivity index (χ1n) is 4.70. The monoisotopic (exact) mass is 179 g/mol. The molecule has 0 bridgehead atoms. The van der Waals surface area contributed by atoms with Crippen LogP contribution in [0.2, 0.25) is 0 Å². The van der Waals surface area contributed by atoms with Crippen molar-refractivity contribution in [1.29, 1.82) is 0 Å². The van der Waals surface area contributed by atoms with Crippen molar-refractivity contribution in [3.63, 3.8) is 0 Å². The quantitative estimate of drug-likeness (QED) is 0.711. The van der Waals surface area contributed by atoms with E-state index in [-0.39, 0.29) is 0 Å². The summed E-state index contributed by atoms with van der Waals surface area (Å²) in [5.74, 6) is 0.717. The molecule has 1 rings (SSSR count). The average molecular weight is 179 g/mol. The highest BCUT2D eigenvalue weighted by Crippen LogP contribution is 2.18. The van der Waals surface area contributed by atoms with Crippen LogP contribution in [0.25, 0.3) is 0 Å². The fourth-order valence-electron chi connectivity index (χ4n) is 1.56. The van der Waals surface area contributed by atoms with E-state index in [1.165, 1.54) is 11.1 Å². The lowest BCUT2D eigenvalue weighted by Crippen LogP contribution is -1.99. The van der Waals surface area contributed by atoms with Gasteiger partial charge in [-0.1, -0.05) is 13.3 Å². The normalized spacial score (nSPS) is 10.2. The van der Waals surface area contributed by atoms with Crippen molar-refractivity contribution < 1.29 is 4.74 Å². The first-order chi connectivity index (χ1) is 6.19. The predicted molar refractivity (Wildman–Crippen MR) is 54.3 cm³/mol. The molecule has 2 heteroatoms. The molecule has 1 aromatic heterocycles. The number of methoxy groups -OCH3 is 1. The van der Waals surface area contributed by atoms with Crippen molar-refractivity contribution in [1.82, 2.24) is 4.98 Å². The molecule has 0 aliphatic rings. The number of pyridine rings is 1. The Hall–Kier alpha value is -1.05. The first kappa shape index (κ1) is 10.0. The highest BCUT2D eigenvalue weighted by atomic mass is 16.5. The number of hydrogen-bond donors (Lipinski definition) is 0. The van der Waals surface area contributed by atoms with Gasteiger partial charge in [0.25, 0.3) is 0 Å². The van der Waals surface area contributed by atoms with Crippen LogP contribution in [0, 0.1) is 13.8 Å². The van der Waals surface area contributed by atoms with Crippen molar-refractivity contribution in [3.8, 4) is 5.88 Å². The lowest BCUT2D eigenvalue weighted by molar-refractivity contribution is 0.396. The van der Waals surface area contributed by atoms with E-state index in [0.29, 0.717) is 0 Å². The molecule has 1 aromatic rings. The van der Waals surface area contributed by atoms with Crippen molar-refractivity contribution in [2.45, 2.75) is 33.6 Å². The van der Waals surface area contributed by atoms with E-state index in [1.807, 2.05) is 13.0 Å². The maximum absolute atomic E-state index is 5.10. The minimum absolute atomic E-state index is 0.717. The fourth-order valence-corrected chi connectivity index (χ4v) is 1.56. The van der Waals surface area contributed by atoms with Crippen molar-refractivity contribution >= 4 is 0 Å². The summed E-state index contributed by atoms with van der Waals surface area (Å²) in [7, 11) is 1.65. The first-order valence-corrected chi connectivity index (χ1v) is 4.70. The third kappa shape index (κ3) is 2.20. The van der Waals surface area contributed by atoms with Crippen LogP contribution in [-0.2, 0) is 6.42 Å². The Kier molecular flexibility index (Phi) is 3.29. The third-order valence-electron chi connectivity index (χ3n) is 2.24. The second kappa shape index (κ2) is 4.26. The van der Waals surface area contributed by atoms with Crippen LogP contribution >= 0.6 is 0 Å². The third-order valence-corrected chi connectivity index (χ3v) is 2.24. The van der Waals surface area contributed by atoms with Crippen molar-refractivity contribution in [3.05, 3.63) is 22.9 Å². The van der Waals surface area contributed by atoms with Gasteiger partial charge in [0.15, 0.2) is 0 Å². The van der Waals surface area contributed by atoms with Gasteiger partial charge in [0.05, 0.1) is 7.11 Å². The van der Waals surface area contributed by atoms with Gasteiger partial charge in [-0.2, -0.15) is 0 Å². The number of hydrogen-bond acceptors (Lipinski definition) is 2. The van der Waals surface area contributed by atoms with Gasteiger partial charge < -0.3 is 4.74 Å². The molecule has 0 aromatic carbocycles. The average Bonchev–Trinajstić information content (AvgIpc) is 2.11. The van der Waals surface area contributed by atoms with E-state index < -0.39 is 0 Å². The number of nitrogens with zero attached hydrogens (tertiary/aromatic N) is 1. The van der Waals surface area contributed by atoms with Crippen LogP contribution < -0.4 is 4.74 Å². The molecule has 0 fully saturated rings. The van der Waals surface area contributed by atoms with Gasteiger partial charge in [-0.3, -0.25) is 0 Å². The Balaban J connectivity index is 3.07. The molecule has 13 heavy (non-hydrogen) atoms. The molecule has 1 heterocycles. The number of ether oxygens (including phenoxy) is 1. The molecule has 0 N–H and O–H groups in total. The molecule has 0 unspecified atom stereocenters. The van der Waals surface area contributed by atoms with E-state index in [0.717, 1.165) is 24.4 Å². The van der Waals surface area contributed by atoms with E-state index in [2.05, 4.69) is 18.8 Å². The van der Waals surface area contributed by atoms with Gasteiger partial charge >= 0.3 is 0 Å². The predicted octanol–water partition coefficient (Wildman–Crippen LogP) is 2.66. The Morgan fingerprint density at radius 1 is 1.38 bits per heavy atom. The Labute approximate surface area is 80.0 Å². The molecule has 0 atom stereocenters. The van der Waals surface area contributed by atoms with Crippen LogP contribution in [0.3, 0.4) is 0 Å². The Morgan fingerprint density at radius 3 is 2.54 bits per heavy atom. The topological polar surface area (TPSA) is 22.1 Å². The standard InChI is InChI=1S/C11H17NO/c1-5-6-10-8(2)7-11(13-4)12-9(10)3/h7H,5-6H2,1-4H3. The second-order valence-corrected chi connectivity index (χ2v) is 3.30. The van der Waals surface area contributed by atoms with E-state index in [4.69, 9.17) is 4.74 Å². The summed E-state index contributed by atoms with van der Waals surface area (Å²) in [4.78, 5) is 4.35. The van der Waals surface area contributed by atoms with Gasteiger partial charge in [-0.25, -0.2) is 4.98 Å². The van der Waals surface area contributed by atoms with Crippen molar-refractivity contribution in [2.75, 3.05) is 7.11 Å². The Bertz CT molecular complexity index is 271. The fraction of sp³-hybridized carbons (Fsp3) is 0.545. The molecule has 0 amide bonds. The summed E-state index contributed by atoms with van der Waals surface area (Å²) in [6.45, 7) is 6.34. The van der Waals surface area contributed by atoms with Crippen molar-refractivity contribution in [2.24, 2.45) is 0 Å². The summed E-state index contributed by atoms with van der Waals surface area (Å²) >= 11 is 0. The van der Waals surface area contributed by atoms with E-state index in [9.17, 15) is 0 Å². The van der Waals surface area contributed by atoms with Gasteiger partial charge in [0.1, 0.15) is 0 Å². The van der Waals surface area contributed by atoms with Gasteiger partial charge in [-0.15, -0.1) is 0 Å². The molecule has 0 spiro atoms. The largest absolute Gasteiger partial charge is 0.481 e. The zero-order chi connectivity index (χ0) is 9.84. The maximum atomic E-state index is 5.10. The number of aromatic nitrogens is 1. The zero-order valence-corrected chi connectivity index (χ0v) is 8.85. The van der Waals surface area contributed by atoms with Gasteiger partial charge in [0, 0.05) is 11.8 Å². The summed E-state index contributed by atoms with van der Waals surface area (Å²) in [5, 5.41) is 0. The van der Waals surface area contributed by atoms with Crippen LogP contribution in [0.4, 0.5) is 0 Å². The highest BCUT2D eigenvalue weighted by Gasteiger charge is 2.05. The van der Waals surface area contributed by atoms with E-state index >= 15 is 0 Å². The highest BCUT2D eigenvalue weighted by molar-refractivity contribution is 5.33. The SMILES string of the molecule is CCCc1c(C)cc(OC)nc1C. The zero-order valence-electron chi connectivity index (χ0n) is 8.85. The van der Waals surface area contributed by atoms with Crippen LogP contribution in [0.15, 0.2) is 6.07 Å². The smallest absolute Gasteiger partial charge is 0.213 e. The maximum Gasteiger partial charge on any atom is 0.213 e. The van der Waals surface area contributed by atoms with Crippen LogP contribution in [0.5, 0.6) is 5.88 Å². The van der Waals surface area contributed by atoms with E-state index in [1.54, 1.807) is 7.11 Å². The van der Waals surface area contributed by atoms with Gasteiger partial charge in [0.2, 0.25) is 5.88 Å². The lowest BCUT2D eigenvalue weighted by atomic mass is 10.0. The Morgan fingerprint density at radius 2 is 2.08 bits per heavy atom. The summed E-state index contributed by atoms with van der Waals surface area (Å²) in [6.07, 6.45) is 2.27. The molecule has 0 aliphatic heterocycles. The molecular formula is C11H17NO. The minimum Gasteiger partial charge on any atom is -0.481 e. The summed E-state index contributed by atoms with van der Waals surface area (Å²) in [5.41, 5.74) is 3.74. The minimum atomic E-state index is 0.717. The molecule has 72 valence electrons. The second-order valence-electron chi connectivity index (χ2n) is 3.30. The lowest BCUT2D eigenvalue weighted by Gasteiger charge is -2.09. The molecule has 0 saturated heterocycles. The molecule has 2 nitrogen and oxygen atoms in total. The summed E-state index contributed by atoms with van der Waals surface area (Å²) < 4.78 is 5.10. The molecular weight excluding hydrogens is 162 g/mol. The van der Waals surface area contributed by atoms with Crippen LogP contribution in [0.1, 0.15) is 30.2 Å². The van der Waals surface area contributed by atoms with Gasteiger partial charge in [-0.05, 0) is 31.4 Å². The van der Waals surface area contributed by atoms with Crippen LogP contribution in [-0.4, -0.2) is 12.1 Å². The molecule has 0 radical (unpaired) electrons. The molecule has 0 aliphatic carbocycles. The number of aryl methyl sites for hydroxylation is 2.